The number of hydrogen-bond donors (Lipinski definition) is 1. The van der Waals surface area contributed by atoms with Gasteiger partial charge in [0, 0.05) is 10.9 Å². The summed E-state index contributed by atoms with van der Waals surface area (Å²) < 4.78 is 0. The van der Waals surface area contributed by atoms with E-state index in [1.165, 1.54) is 10.4 Å². The second-order valence-electron chi connectivity index (χ2n) is 3.21. The lowest BCUT2D eigenvalue weighted by Crippen LogP contribution is -2.19. The molecule has 0 spiro atoms. The third-order valence-corrected chi connectivity index (χ3v) is 3.16. The van der Waals surface area contributed by atoms with Gasteiger partial charge < -0.3 is 5.73 Å². The highest BCUT2D eigenvalue weighted by Crippen LogP contribution is 2.17. The Morgan fingerprint density at radius 2 is 2.33 bits per heavy atom. The molecule has 1 rings (SSSR count). The first-order valence-electron chi connectivity index (χ1n) is 4.52. The fourth-order valence-electron chi connectivity index (χ4n) is 1.22. The van der Waals surface area contributed by atoms with Crippen molar-refractivity contribution >= 4 is 11.3 Å². The molecule has 0 aliphatic rings. The molecule has 1 nitrogen and oxygen atoms in total. The predicted octanol–water partition coefficient (Wildman–Crippen LogP) is 2.73. The summed E-state index contributed by atoms with van der Waals surface area (Å²) >= 11 is 1.82. The summed E-state index contributed by atoms with van der Waals surface area (Å²) in [4.78, 5) is 1.44. The molecule has 1 unspecified atom stereocenters. The largest absolute Gasteiger partial charge is 0.328 e. The summed E-state index contributed by atoms with van der Waals surface area (Å²) in [6.07, 6.45) is 3.35. The van der Waals surface area contributed by atoms with E-state index >= 15 is 0 Å². The van der Waals surface area contributed by atoms with Crippen molar-refractivity contribution in [3.05, 3.63) is 21.9 Å². The van der Waals surface area contributed by atoms with E-state index in [0.717, 1.165) is 19.3 Å². The molecule has 0 aliphatic heterocycles. The van der Waals surface area contributed by atoms with Crippen LogP contribution in [0.1, 0.15) is 30.2 Å². The Hall–Kier alpha value is -0.340. The number of hydrogen-bond acceptors (Lipinski definition) is 2. The first-order chi connectivity index (χ1) is 5.74. The summed E-state index contributed by atoms with van der Waals surface area (Å²) in [6.45, 7) is 4.32. The Bertz CT molecular complexity index is 229. The average Bonchev–Trinajstić information content (AvgIpc) is 2.47. The van der Waals surface area contributed by atoms with E-state index in [2.05, 4.69) is 25.3 Å². The van der Waals surface area contributed by atoms with Crippen LogP contribution in [0.2, 0.25) is 0 Å². The molecule has 0 bridgehead atoms. The molecule has 0 fully saturated rings. The van der Waals surface area contributed by atoms with Crippen LogP contribution in [0.3, 0.4) is 0 Å². The van der Waals surface area contributed by atoms with Crippen LogP contribution in [-0.4, -0.2) is 6.04 Å². The van der Waals surface area contributed by atoms with Gasteiger partial charge in [0.1, 0.15) is 0 Å². The molecule has 0 amide bonds. The van der Waals surface area contributed by atoms with Gasteiger partial charge in [0.15, 0.2) is 0 Å². The van der Waals surface area contributed by atoms with Crippen LogP contribution in [0, 0.1) is 6.92 Å². The van der Waals surface area contributed by atoms with Gasteiger partial charge in [-0.25, -0.2) is 0 Å². The lowest BCUT2D eigenvalue weighted by Gasteiger charge is -2.07. The topological polar surface area (TPSA) is 26.0 Å². The van der Waals surface area contributed by atoms with Gasteiger partial charge in [-0.2, -0.15) is 0 Å². The summed E-state index contributed by atoms with van der Waals surface area (Å²) in [5.41, 5.74) is 7.32. The zero-order valence-electron chi connectivity index (χ0n) is 7.84. The summed E-state index contributed by atoms with van der Waals surface area (Å²) in [7, 11) is 0. The molecule has 2 N–H and O–H groups in total. The van der Waals surface area contributed by atoms with Crippen molar-refractivity contribution in [3.8, 4) is 0 Å². The van der Waals surface area contributed by atoms with Crippen molar-refractivity contribution in [2.24, 2.45) is 5.73 Å². The minimum atomic E-state index is 0.379. The summed E-state index contributed by atoms with van der Waals surface area (Å²) in [5.74, 6) is 0. The molecule has 0 saturated heterocycles. The minimum Gasteiger partial charge on any atom is -0.328 e. The zero-order valence-corrected chi connectivity index (χ0v) is 8.66. The SMILES string of the molecule is CCC(N)CCc1ccsc1C. The summed E-state index contributed by atoms with van der Waals surface area (Å²) in [5, 5.41) is 2.15. The summed E-state index contributed by atoms with van der Waals surface area (Å²) in [6, 6.07) is 2.59. The quantitative estimate of drug-likeness (QED) is 0.763. The maximum atomic E-state index is 5.84. The molecule has 1 heterocycles. The monoisotopic (exact) mass is 183 g/mol. The van der Waals surface area contributed by atoms with Crippen molar-refractivity contribution in [1.82, 2.24) is 0 Å². The van der Waals surface area contributed by atoms with Crippen LogP contribution in [0.25, 0.3) is 0 Å². The Morgan fingerprint density at radius 3 is 2.83 bits per heavy atom. The van der Waals surface area contributed by atoms with Crippen LogP contribution < -0.4 is 5.73 Å². The van der Waals surface area contributed by atoms with Gasteiger partial charge in [0.05, 0.1) is 0 Å². The Kier molecular flexibility index (Phi) is 3.76. The van der Waals surface area contributed by atoms with Crippen molar-refractivity contribution in [2.45, 2.75) is 39.2 Å². The highest BCUT2D eigenvalue weighted by molar-refractivity contribution is 7.10. The lowest BCUT2D eigenvalue weighted by atomic mass is 10.1. The van der Waals surface area contributed by atoms with Crippen LogP contribution in [-0.2, 0) is 6.42 Å². The molecule has 0 aromatic carbocycles. The zero-order chi connectivity index (χ0) is 8.97. The van der Waals surface area contributed by atoms with Crippen molar-refractivity contribution in [3.63, 3.8) is 0 Å². The van der Waals surface area contributed by atoms with Crippen LogP contribution in [0.4, 0.5) is 0 Å². The third kappa shape index (κ3) is 2.61. The highest BCUT2D eigenvalue weighted by Gasteiger charge is 2.02. The van der Waals surface area contributed by atoms with Gasteiger partial charge in [-0.1, -0.05) is 6.92 Å². The normalized spacial score (nSPS) is 13.2. The molecule has 1 aromatic rings. The molecule has 0 saturated carbocycles. The van der Waals surface area contributed by atoms with E-state index in [-0.39, 0.29) is 0 Å². The molecule has 0 aliphatic carbocycles. The molecular weight excluding hydrogens is 166 g/mol. The van der Waals surface area contributed by atoms with Gasteiger partial charge >= 0.3 is 0 Å². The van der Waals surface area contributed by atoms with Crippen molar-refractivity contribution in [1.29, 1.82) is 0 Å². The first-order valence-corrected chi connectivity index (χ1v) is 5.40. The fourth-order valence-corrected chi connectivity index (χ4v) is 1.97. The molecule has 2 heteroatoms. The maximum absolute atomic E-state index is 5.84. The molecule has 68 valence electrons. The molecule has 0 radical (unpaired) electrons. The van der Waals surface area contributed by atoms with Gasteiger partial charge in [-0.3, -0.25) is 0 Å². The standard InChI is InChI=1S/C10H17NS/c1-3-10(11)5-4-9-6-7-12-8(9)2/h6-7,10H,3-5,11H2,1-2H3. The van der Waals surface area contributed by atoms with E-state index < -0.39 is 0 Å². The Balaban J connectivity index is 2.38. The number of aryl methyl sites for hydroxylation is 2. The van der Waals surface area contributed by atoms with E-state index in [1.807, 2.05) is 11.3 Å². The minimum absolute atomic E-state index is 0.379. The Labute approximate surface area is 78.6 Å². The highest BCUT2D eigenvalue weighted by atomic mass is 32.1. The lowest BCUT2D eigenvalue weighted by molar-refractivity contribution is 0.596. The molecule has 12 heavy (non-hydrogen) atoms. The van der Waals surface area contributed by atoms with Gasteiger partial charge in [-0.15, -0.1) is 11.3 Å². The van der Waals surface area contributed by atoms with Crippen LogP contribution in [0.15, 0.2) is 11.4 Å². The van der Waals surface area contributed by atoms with E-state index in [4.69, 9.17) is 5.73 Å². The van der Waals surface area contributed by atoms with Crippen molar-refractivity contribution in [2.75, 3.05) is 0 Å². The second kappa shape index (κ2) is 4.63. The third-order valence-electron chi connectivity index (χ3n) is 2.28. The second-order valence-corrected chi connectivity index (χ2v) is 4.33. The van der Waals surface area contributed by atoms with Crippen LogP contribution in [0.5, 0.6) is 0 Å². The molecule has 1 aromatic heterocycles. The smallest absolute Gasteiger partial charge is 0.00462 e. The molecule has 1 atom stereocenters. The predicted molar refractivity (Wildman–Crippen MR) is 55.6 cm³/mol. The van der Waals surface area contributed by atoms with E-state index in [0.29, 0.717) is 6.04 Å². The molecular formula is C10H17NS. The maximum Gasteiger partial charge on any atom is 0.00462 e. The van der Waals surface area contributed by atoms with Gasteiger partial charge in [0.25, 0.3) is 0 Å². The Morgan fingerprint density at radius 1 is 1.58 bits per heavy atom. The number of rotatable bonds is 4. The van der Waals surface area contributed by atoms with E-state index in [9.17, 15) is 0 Å². The van der Waals surface area contributed by atoms with Gasteiger partial charge in [0.2, 0.25) is 0 Å². The van der Waals surface area contributed by atoms with Crippen molar-refractivity contribution < 1.29 is 0 Å². The average molecular weight is 183 g/mol. The fraction of sp³-hybridized carbons (Fsp3) is 0.600. The number of thiophene rings is 1. The first kappa shape index (κ1) is 9.75. The van der Waals surface area contributed by atoms with E-state index in [1.54, 1.807) is 0 Å². The van der Waals surface area contributed by atoms with Crippen LogP contribution >= 0.6 is 11.3 Å². The van der Waals surface area contributed by atoms with Gasteiger partial charge in [-0.05, 0) is 43.2 Å². The number of nitrogens with two attached hydrogens (primary N) is 1.